The van der Waals surface area contributed by atoms with Gasteiger partial charge in [0.1, 0.15) is 4.90 Å². The Kier molecular flexibility index (Phi) is 9.33. The molecule has 4 heterocycles. The van der Waals surface area contributed by atoms with Gasteiger partial charge in [0.05, 0.1) is 24.3 Å². The minimum Gasteiger partial charge on any atom is -0.392 e. The lowest BCUT2D eigenvalue weighted by Crippen LogP contribution is -2.51. The lowest BCUT2D eigenvalue weighted by atomic mass is 9.90. The Morgan fingerprint density at radius 3 is 2.33 bits per heavy atom. The highest BCUT2D eigenvalue weighted by Gasteiger charge is 2.39. The molecule has 2 aromatic heterocycles. The standard InChI is InChI=1S/C36H38N6O5S/c1-25-31(23-41-18-20-42(21-19-41)36-38-16-5-17-39-36)46-35(47-34(25)28-13-11-26(24-43)12-14-28)29-7-2-9-30(22-29)40-48(44,45)32-10-3-6-27-8-4-15-37-33(27)32/h2-17,22,25,31,34-35,40,43H,18-21,23-24H2,1H3/t25-,31+,34+,35?/m0/s1. The van der Waals surface area contributed by atoms with E-state index in [0.29, 0.717) is 23.3 Å². The van der Waals surface area contributed by atoms with Crippen LogP contribution in [0.3, 0.4) is 0 Å². The number of nitrogens with one attached hydrogen (secondary N) is 1. The number of para-hydroxylation sites is 1. The first kappa shape index (κ1) is 32.1. The summed E-state index contributed by atoms with van der Waals surface area (Å²) in [4.78, 5) is 17.8. The van der Waals surface area contributed by atoms with E-state index < -0.39 is 16.3 Å². The summed E-state index contributed by atoms with van der Waals surface area (Å²) in [5.41, 5.74) is 3.32. The molecule has 7 rings (SSSR count). The zero-order chi connectivity index (χ0) is 33.1. The average molecular weight is 667 g/mol. The second kappa shape index (κ2) is 14.0. The van der Waals surface area contributed by atoms with Gasteiger partial charge in [0.15, 0.2) is 6.29 Å². The first-order valence-electron chi connectivity index (χ1n) is 16.1. The number of rotatable bonds is 9. The molecule has 3 aromatic carbocycles. The molecule has 12 heteroatoms. The Morgan fingerprint density at radius 2 is 1.56 bits per heavy atom. The molecule has 2 saturated heterocycles. The summed E-state index contributed by atoms with van der Waals surface area (Å²) in [7, 11) is -3.95. The lowest BCUT2D eigenvalue weighted by molar-refractivity contribution is -0.276. The number of fused-ring (bicyclic) bond motifs is 1. The topological polar surface area (TPSA) is 130 Å². The molecule has 4 atom stereocenters. The molecule has 0 saturated carbocycles. The first-order valence-corrected chi connectivity index (χ1v) is 17.6. The normalized spacial score (nSPS) is 22.1. The van der Waals surface area contributed by atoms with Crippen LogP contribution in [0.4, 0.5) is 11.6 Å². The van der Waals surface area contributed by atoms with Crippen LogP contribution in [0.25, 0.3) is 10.9 Å². The Balaban J connectivity index is 1.12. The maximum atomic E-state index is 13.6. The van der Waals surface area contributed by atoms with Crippen molar-refractivity contribution >= 4 is 32.6 Å². The van der Waals surface area contributed by atoms with Crippen LogP contribution in [0, 0.1) is 5.92 Å². The van der Waals surface area contributed by atoms with Gasteiger partial charge in [0.2, 0.25) is 5.95 Å². The van der Waals surface area contributed by atoms with Gasteiger partial charge in [-0.1, -0.05) is 61.5 Å². The second-order valence-electron chi connectivity index (χ2n) is 12.2. The summed E-state index contributed by atoms with van der Waals surface area (Å²) in [5.74, 6) is 0.753. The van der Waals surface area contributed by atoms with E-state index in [2.05, 4.69) is 36.4 Å². The fourth-order valence-corrected chi connectivity index (χ4v) is 7.65. The number of hydrogen-bond donors (Lipinski definition) is 2. The van der Waals surface area contributed by atoms with Gasteiger partial charge in [-0.25, -0.2) is 18.4 Å². The Morgan fingerprint density at radius 1 is 0.833 bits per heavy atom. The fourth-order valence-electron chi connectivity index (χ4n) is 6.42. The predicted molar refractivity (Wildman–Crippen MR) is 183 cm³/mol. The SMILES string of the molecule is C[C@H]1[C@@H](CN2CCN(c3ncccn3)CC2)OC(c2cccc(NS(=O)(=O)c3cccc4cccnc34)c2)O[C@H]1c1ccc(CO)cc1. The van der Waals surface area contributed by atoms with Gasteiger partial charge in [-0.15, -0.1) is 0 Å². The van der Waals surface area contributed by atoms with Crippen molar-refractivity contribution in [1.29, 1.82) is 0 Å². The van der Waals surface area contributed by atoms with Gasteiger partial charge in [-0.2, -0.15) is 0 Å². The number of piperazine rings is 1. The molecule has 5 aromatic rings. The van der Waals surface area contributed by atoms with Crippen molar-refractivity contribution in [1.82, 2.24) is 19.9 Å². The van der Waals surface area contributed by atoms with Crippen LogP contribution < -0.4 is 9.62 Å². The van der Waals surface area contributed by atoms with Crippen LogP contribution in [0.15, 0.2) is 108 Å². The van der Waals surface area contributed by atoms with E-state index in [9.17, 15) is 13.5 Å². The molecular weight excluding hydrogens is 629 g/mol. The summed E-state index contributed by atoms with van der Waals surface area (Å²) in [6.45, 7) is 6.11. The summed E-state index contributed by atoms with van der Waals surface area (Å²) < 4.78 is 43.2. The van der Waals surface area contributed by atoms with E-state index in [1.807, 2.05) is 48.5 Å². The molecule has 11 nitrogen and oxygen atoms in total. The molecule has 0 amide bonds. The summed E-state index contributed by atoms with van der Waals surface area (Å²) >= 11 is 0. The van der Waals surface area contributed by atoms with Crippen molar-refractivity contribution in [2.24, 2.45) is 5.92 Å². The van der Waals surface area contributed by atoms with Crippen LogP contribution in [0.5, 0.6) is 0 Å². The van der Waals surface area contributed by atoms with Gasteiger partial charge < -0.3 is 19.5 Å². The number of anilines is 2. The van der Waals surface area contributed by atoms with Crippen molar-refractivity contribution in [2.75, 3.05) is 42.3 Å². The molecule has 248 valence electrons. The van der Waals surface area contributed by atoms with Gasteiger partial charge in [0.25, 0.3) is 10.0 Å². The number of pyridine rings is 1. The van der Waals surface area contributed by atoms with Gasteiger partial charge in [-0.05, 0) is 41.5 Å². The molecule has 2 aliphatic rings. The third kappa shape index (κ3) is 6.89. The van der Waals surface area contributed by atoms with Crippen LogP contribution in [-0.4, -0.2) is 72.2 Å². The number of aliphatic hydroxyl groups excluding tert-OH is 1. The van der Waals surface area contributed by atoms with E-state index >= 15 is 0 Å². The monoisotopic (exact) mass is 666 g/mol. The molecule has 0 bridgehead atoms. The summed E-state index contributed by atoms with van der Waals surface area (Å²) in [6, 6.07) is 25.5. The third-order valence-electron chi connectivity index (χ3n) is 9.07. The second-order valence-corrected chi connectivity index (χ2v) is 13.9. The summed E-state index contributed by atoms with van der Waals surface area (Å²) in [5, 5.41) is 10.4. The average Bonchev–Trinajstić information content (AvgIpc) is 3.13. The van der Waals surface area contributed by atoms with Crippen LogP contribution in [0.1, 0.15) is 36.0 Å². The van der Waals surface area contributed by atoms with Crippen molar-refractivity contribution in [3.63, 3.8) is 0 Å². The van der Waals surface area contributed by atoms with Crippen LogP contribution in [0.2, 0.25) is 0 Å². The lowest BCUT2D eigenvalue weighted by Gasteiger charge is -2.44. The minimum absolute atomic E-state index is 0.0114. The zero-order valence-electron chi connectivity index (χ0n) is 26.6. The molecule has 1 unspecified atom stereocenters. The quantitative estimate of drug-likeness (QED) is 0.223. The number of aliphatic hydroxyl groups is 1. The molecule has 0 aliphatic carbocycles. The molecule has 48 heavy (non-hydrogen) atoms. The Labute approximate surface area is 280 Å². The van der Waals surface area contributed by atoms with E-state index in [1.54, 1.807) is 55.0 Å². The number of aromatic nitrogens is 3. The van der Waals surface area contributed by atoms with Gasteiger partial charge >= 0.3 is 0 Å². The minimum atomic E-state index is -3.95. The Hall–Kier alpha value is -4.46. The van der Waals surface area contributed by atoms with Crippen LogP contribution >= 0.6 is 0 Å². The van der Waals surface area contributed by atoms with Crippen LogP contribution in [-0.2, 0) is 26.1 Å². The smallest absolute Gasteiger partial charge is 0.264 e. The highest BCUT2D eigenvalue weighted by molar-refractivity contribution is 7.93. The number of hydrogen-bond acceptors (Lipinski definition) is 10. The van der Waals surface area contributed by atoms with E-state index in [-0.39, 0.29) is 29.6 Å². The summed E-state index contributed by atoms with van der Waals surface area (Å²) in [6.07, 6.45) is 3.91. The number of nitrogens with zero attached hydrogens (tertiary/aromatic N) is 5. The van der Waals surface area contributed by atoms with Crippen molar-refractivity contribution in [3.8, 4) is 0 Å². The molecular formula is C36H38N6O5S. The molecule has 2 aliphatic heterocycles. The predicted octanol–water partition coefficient (Wildman–Crippen LogP) is 4.93. The largest absolute Gasteiger partial charge is 0.392 e. The van der Waals surface area contributed by atoms with Crippen molar-refractivity contribution < 1.29 is 23.0 Å². The van der Waals surface area contributed by atoms with Crippen molar-refractivity contribution in [3.05, 3.63) is 120 Å². The van der Waals surface area contributed by atoms with E-state index in [0.717, 1.165) is 48.6 Å². The highest BCUT2D eigenvalue weighted by Crippen LogP contribution is 2.42. The van der Waals surface area contributed by atoms with E-state index in [4.69, 9.17) is 9.47 Å². The van der Waals surface area contributed by atoms with E-state index in [1.165, 1.54) is 0 Å². The first-order chi connectivity index (χ1) is 23.4. The molecule has 2 N–H and O–H groups in total. The number of benzene rings is 3. The molecule has 0 radical (unpaired) electrons. The number of ether oxygens (including phenoxy) is 2. The van der Waals surface area contributed by atoms with Crippen molar-refractivity contribution in [2.45, 2.75) is 36.9 Å². The number of sulfonamides is 1. The molecule has 0 spiro atoms. The molecule has 2 fully saturated rings. The van der Waals surface area contributed by atoms with Gasteiger partial charge in [-0.3, -0.25) is 14.6 Å². The fraction of sp³-hybridized carbons (Fsp3) is 0.306. The Bertz CT molecular complexity index is 1950. The maximum Gasteiger partial charge on any atom is 0.264 e. The highest BCUT2D eigenvalue weighted by atomic mass is 32.2. The third-order valence-corrected chi connectivity index (χ3v) is 10.5. The van der Waals surface area contributed by atoms with Gasteiger partial charge in [0, 0.05) is 73.9 Å². The zero-order valence-corrected chi connectivity index (χ0v) is 27.4. The maximum absolute atomic E-state index is 13.6.